The second-order valence-electron chi connectivity index (χ2n) is 4.20. The van der Waals surface area contributed by atoms with E-state index in [1.54, 1.807) is 12.3 Å². The number of nitrogens with zero attached hydrogens (tertiary/aromatic N) is 2. The lowest BCUT2D eigenvalue weighted by Gasteiger charge is -2.06. The molecule has 0 aliphatic rings. The van der Waals surface area contributed by atoms with Crippen molar-refractivity contribution in [3.05, 3.63) is 45.3 Å². The van der Waals surface area contributed by atoms with Crippen molar-refractivity contribution in [1.29, 1.82) is 5.26 Å². The largest absolute Gasteiger partial charge is 0.300 e. The Bertz CT molecular complexity index is 940. The number of thioether (sulfide) groups is 1. The molecule has 1 aromatic carbocycles. The molecule has 0 unspecified atom stereocenters. The monoisotopic (exact) mass is 317 g/mol. The Labute approximate surface area is 127 Å². The molecule has 2 aromatic heterocycles. The molecule has 21 heavy (non-hydrogen) atoms. The van der Waals surface area contributed by atoms with Crippen LogP contribution in [0.15, 0.2) is 33.5 Å². The van der Waals surface area contributed by atoms with Gasteiger partial charge in [0.1, 0.15) is 17.4 Å². The number of fused-ring (bicyclic) bond motifs is 1. The predicted molar refractivity (Wildman–Crippen MR) is 82.1 cm³/mol. The van der Waals surface area contributed by atoms with Gasteiger partial charge in [0.2, 0.25) is 0 Å². The quantitative estimate of drug-likeness (QED) is 0.581. The number of benzene rings is 1. The molecular weight excluding hydrogens is 309 g/mol. The van der Waals surface area contributed by atoms with Crippen molar-refractivity contribution in [3.63, 3.8) is 0 Å². The van der Waals surface area contributed by atoms with Crippen LogP contribution < -0.4 is 5.56 Å². The Kier molecular flexibility index (Phi) is 3.49. The van der Waals surface area contributed by atoms with Crippen LogP contribution in [0.1, 0.15) is 5.56 Å². The highest BCUT2D eigenvalue weighted by atomic mass is 32.2. The van der Waals surface area contributed by atoms with Gasteiger partial charge in [0, 0.05) is 10.3 Å². The SMILES string of the molecule is CSc1nc(-c2cc(F)cc3ccsc23)c(C#N)c(=O)[nH]1. The first-order valence-electron chi connectivity index (χ1n) is 5.89. The standard InChI is InChI=1S/C14H8FN3OS2/c1-20-14-17-11(10(6-16)13(19)18-14)9-5-8(15)4-7-2-3-21-12(7)9/h2-5H,1H3,(H,17,18,19). The normalized spacial score (nSPS) is 10.7. The van der Waals surface area contributed by atoms with Crippen LogP contribution in [0.4, 0.5) is 4.39 Å². The number of aromatic amines is 1. The summed E-state index contributed by atoms with van der Waals surface area (Å²) < 4.78 is 14.6. The van der Waals surface area contributed by atoms with Gasteiger partial charge in [-0.05, 0) is 35.2 Å². The van der Waals surface area contributed by atoms with Crippen molar-refractivity contribution in [3.8, 4) is 17.3 Å². The van der Waals surface area contributed by atoms with Crippen molar-refractivity contribution in [2.75, 3.05) is 6.26 Å². The van der Waals surface area contributed by atoms with Crippen LogP contribution in [0, 0.1) is 17.1 Å². The van der Waals surface area contributed by atoms with E-state index in [0.717, 1.165) is 10.1 Å². The van der Waals surface area contributed by atoms with Gasteiger partial charge < -0.3 is 4.98 Å². The first kappa shape index (κ1) is 13.8. The van der Waals surface area contributed by atoms with Crippen LogP contribution in [0.3, 0.4) is 0 Å². The summed E-state index contributed by atoms with van der Waals surface area (Å²) in [4.78, 5) is 18.8. The summed E-state index contributed by atoms with van der Waals surface area (Å²) >= 11 is 2.68. The minimum absolute atomic E-state index is 0.104. The molecule has 4 nitrogen and oxygen atoms in total. The molecule has 7 heteroatoms. The fourth-order valence-corrected chi connectivity index (χ4v) is 3.34. The number of halogens is 1. The summed E-state index contributed by atoms with van der Waals surface area (Å²) in [7, 11) is 0. The third-order valence-electron chi connectivity index (χ3n) is 2.97. The molecule has 0 saturated carbocycles. The highest BCUT2D eigenvalue weighted by molar-refractivity contribution is 7.98. The van der Waals surface area contributed by atoms with Crippen LogP contribution in [-0.2, 0) is 0 Å². The van der Waals surface area contributed by atoms with E-state index in [1.165, 1.54) is 35.2 Å². The van der Waals surface area contributed by atoms with Crippen molar-refractivity contribution in [1.82, 2.24) is 9.97 Å². The lowest BCUT2D eigenvalue weighted by molar-refractivity contribution is 0.630. The summed E-state index contributed by atoms with van der Waals surface area (Å²) in [5.74, 6) is -0.424. The Balaban J connectivity index is 2.42. The smallest absolute Gasteiger partial charge is 0.270 e. The Morgan fingerprint density at radius 1 is 1.48 bits per heavy atom. The molecule has 1 N–H and O–H groups in total. The first-order chi connectivity index (χ1) is 10.1. The van der Waals surface area contributed by atoms with Crippen molar-refractivity contribution in [2.45, 2.75) is 5.16 Å². The van der Waals surface area contributed by atoms with Gasteiger partial charge in [-0.25, -0.2) is 9.37 Å². The maximum Gasteiger partial charge on any atom is 0.270 e. The Morgan fingerprint density at radius 3 is 3.00 bits per heavy atom. The van der Waals surface area contributed by atoms with Crippen LogP contribution in [0.2, 0.25) is 0 Å². The highest BCUT2D eigenvalue weighted by Crippen LogP contribution is 2.33. The Morgan fingerprint density at radius 2 is 2.29 bits per heavy atom. The van der Waals surface area contributed by atoms with Crippen LogP contribution in [0.5, 0.6) is 0 Å². The molecule has 0 fully saturated rings. The zero-order valence-corrected chi connectivity index (χ0v) is 12.4. The van der Waals surface area contributed by atoms with Gasteiger partial charge in [0.15, 0.2) is 5.16 Å². The van der Waals surface area contributed by atoms with Crippen LogP contribution in [0.25, 0.3) is 21.3 Å². The minimum Gasteiger partial charge on any atom is -0.300 e. The molecule has 3 rings (SSSR count). The molecule has 0 bridgehead atoms. The summed E-state index contributed by atoms with van der Waals surface area (Å²) in [6.07, 6.45) is 1.76. The number of thiophene rings is 1. The maximum absolute atomic E-state index is 13.8. The first-order valence-corrected chi connectivity index (χ1v) is 8.00. The van der Waals surface area contributed by atoms with Gasteiger partial charge in [0.25, 0.3) is 5.56 Å². The van der Waals surface area contributed by atoms with Crippen molar-refractivity contribution < 1.29 is 4.39 Å². The molecule has 0 atom stereocenters. The molecule has 104 valence electrons. The van der Waals surface area contributed by atoms with Crippen molar-refractivity contribution >= 4 is 33.2 Å². The molecule has 3 aromatic rings. The molecule has 2 heterocycles. The number of rotatable bonds is 2. The lowest BCUT2D eigenvalue weighted by Crippen LogP contribution is -2.14. The predicted octanol–water partition coefficient (Wildman–Crippen LogP) is 3.38. The summed E-state index contributed by atoms with van der Waals surface area (Å²) in [6, 6.07) is 6.38. The average molecular weight is 317 g/mol. The highest BCUT2D eigenvalue weighted by Gasteiger charge is 2.17. The molecule has 0 aliphatic heterocycles. The van der Waals surface area contributed by atoms with Crippen molar-refractivity contribution in [2.24, 2.45) is 0 Å². The molecule has 0 spiro atoms. The zero-order chi connectivity index (χ0) is 15.0. The Hall–Kier alpha value is -2.17. The van der Waals surface area contributed by atoms with E-state index in [4.69, 9.17) is 0 Å². The van der Waals surface area contributed by atoms with E-state index in [-0.39, 0.29) is 11.3 Å². The second-order valence-corrected chi connectivity index (χ2v) is 5.91. The maximum atomic E-state index is 13.8. The molecular formula is C14H8FN3OS2. The van der Waals surface area contributed by atoms with Gasteiger partial charge in [-0.15, -0.1) is 11.3 Å². The third-order valence-corrected chi connectivity index (χ3v) is 4.52. The number of hydrogen-bond donors (Lipinski definition) is 1. The summed E-state index contributed by atoms with van der Waals surface area (Å²) in [6.45, 7) is 0. The van der Waals surface area contributed by atoms with Gasteiger partial charge in [-0.2, -0.15) is 5.26 Å². The lowest BCUT2D eigenvalue weighted by atomic mass is 10.1. The number of hydrogen-bond acceptors (Lipinski definition) is 5. The topological polar surface area (TPSA) is 69.5 Å². The number of aromatic nitrogens is 2. The fourth-order valence-electron chi connectivity index (χ4n) is 2.07. The number of H-pyrrole nitrogens is 1. The summed E-state index contributed by atoms with van der Waals surface area (Å²) in [5, 5.41) is 12.2. The zero-order valence-electron chi connectivity index (χ0n) is 10.8. The van der Waals surface area contributed by atoms with E-state index in [9.17, 15) is 14.4 Å². The molecule has 0 saturated heterocycles. The fraction of sp³-hybridized carbons (Fsp3) is 0.0714. The molecule has 0 amide bonds. The van der Waals surface area contributed by atoms with E-state index in [0.29, 0.717) is 10.7 Å². The van der Waals surface area contributed by atoms with Gasteiger partial charge in [0.05, 0.1) is 5.69 Å². The molecule has 0 radical (unpaired) electrons. The van der Waals surface area contributed by atoms with Gasteiger partial charge in [-0.3, -0.25) is 4.79 Å². The van der Waals surface area contributed by atoms with Gasteiger partial charge in [-0.1, -0.05) is 11.8 Å². The second kappa shape index (κ2) is 5.31. The van der Waals surface area contributed by atoms with E-state index in [1.807, 2.05) is 11.4 Å². The van der Waals surface area contributed by atoms with Crippen LogP contribution in [-0.4, -0.2) is 16.2 Å². The number of nitriles is 1. The van der Waals surface area contributed by atoms with E-state index in [2.05, 4.69) is 9.97 Å². The molecule has 0 aliphatic carbocycles. The average Bonchev–Trinajstić information content (AvgIpc) is 2.93. The van der Waals surface area contributed by atoms with Gasteiger partial charge >= 0.3 is 0 Å². The minimum atomic E-state index is -0.513. The third kappa shape index (κ3) is 2.33. The number of nitrogens with one attached hydrogen (secondary N) is 1. The van der Waals surface area contributed by atoms with Crippen LogP contribution >= 0.6 is 23.1 Å². The summed E-state index contributed by atoms with van der Waals surface area (Å²) in [5.41, 5.74) is 0.0735. The van der Waals surface area contributed by atoms with E-state index < -0.39 is 11.4 Å². The van der Waals surface area contributed by atoms with E-state index >= 15 is 0 Å².